The van der Waals surface area contributed by atoms with Gasteiger partial charge in [0.2, 0.25) is 5.91 Å². The molecule has 0 bridgehead atoms. The molecule has 0 N–H and O–H groups in total. The zero-order valence-corrected chi connectivity index (χ0v) is 14.8. The number of urea groups is 1. The summed E-state index contributed by atoms with van der Waals surface area (Å²) < 4.78 is 2.04. The molecule has 0 spiro atoms. The number of hydrogen-bond donors (Lipinski definition) is 0. The smallest absolute Gasteiger partial charge is 0.320 e. The van der Waals surface area contributed by atoms with Gasteiger partial charge < -0.3 is 19.3 Å². The highest BCUT2D eigenvalue weighted by Gasteiger charge is 2.34. The van der Waals surface area contributed by atoms with Crippen LogP contribution in [-0.4, -0.2) is 63.9 Å². The Morgan fingerprint density at radius 2 is 1.96 bits per heavy atom. The van der Waals surface area contributed by atoms with Crippen molar-refractivity contribution in [3.63, 3.8) is 0 Å². The van der Waals surface area contributed by atoms with E-state index in [1.54, 1.807) is 19.0 Å². The number of amides is 3. The number of aryl methyl sites for hydroxylation is 1. The van der Waals surface area contributed by atoms with Crippen LogP contribution in [0.15, 0.2) is 18.3 Å². The van der Waals surface area contributed by atoms with E-state index in [1.807, 2.05) is 48.7 Å². The van der Waals surface area contributed by atoms with Gasteiger partial charge in [0, 0.05) is 45.1 Å². The molecule has 0 unspecified atom stereocenters. The zero-order valence-electron chi connectivity index (χ0n) is 14.8. The summed E-state index contributed by atoms with van der Waals surface area (Å²) >= 11 is 0. The fourth-order valence-electron chi connectivity index (χ4n) is 2.61. The number of carbonyl (C=O) groups is 2. The summed E-state index contributed by atoms with van der Waals surface area (Å²) in [4.78, 5) is 30.2. The average Bonchev–Trinajstić information content (AvgIpc) is 3.24. The largest absolute Gasteiger partial charge is 0.353 e. The Balaban J connectivity index is 2.08. The van der Waals surface area contributed by atoms with Gasteiger partial charge in [0.15, 0.2) is 0 Å². The lowest BCUT2D eigenvalue weighted by Gasteiger charge is -2.32. The third kappa shape index (κ3) is 4.27. The van der Waals surface area contributed by atoms with Crippen LogP contribution < -0.4 is 0 Å². The maximum Gasteiger partial charge on any atom is 0.320 e. The topological polar surface area (TPSA) is 48.8 Å². The van der Waals surface area contributed by atoms with E-state index in [9.17, 15) is 9.59 Å². The number of aromatic nitrogens is 1. The Morgan fingerprint density at radius 1 is 1.30 bits per heavy atom. The molecule has 6 heteroatoms. The van der Waals surface area contributed by atoms with Gasteiger partial charge in [-0.3, -0.25) is 4.79 Å². The molecule has 2 rings (SSSR count). The molecular formula is C17H28N4O2. The second-order valence-corrected chi connectivity index (χ2v) is 6.76. The average molecular weight is 320 g/mol. The molecule has 1 aromatic rings. The molecule has 1 aliphatic rings. The van der Waals surface area contributed by atoms with Gasteiger partial charge in [-0.15, -0.1) is 0 Å². The van der Waals surface area contributed by atoms with Crippen molar-refractivity contribution >= 4 is 11.9 Å². The van der Waals surface area contributed by atoms with Gasteiger partial charge in [-0.25, -0.2) is 4.79 Å². The molecule has 0 aliphatic heterocycles. The van der Waals surface area contributed by atoms with Crippen LogP contribution in [0.25, 0.3) is 0 Å². The first-order chi connectivity index (χ1) is 10.8. The maximum atomic E-state index is 12.8. The summed E-state index contributed by atoms with van der Waals surface area (Å²) in [7, 11) is 5.41. The standard InChI is InChI=1S/C17H28N4O2/c1-13(2)20(17(23)18(3)4)12-16(22)21(14-8-9-14)11-15-7-6-10-19(15)5/h6-7,10,13-14H,8-9,11-12H2,1-5H3. The first-order valence-electron chi connectivity index (χ1n) is 8.19. The number of rotatable bonds is 6. The maximum absolute atomic E-state index is 12.8. The third-order valence-electron chi connectivity index (χ3n) is 4.25. The molecule has 3 amide bonds. The minimum atomic E-state index is -0.122. The quantitative estimate of drug-likeness (QED) is 0.804. The van der Waals surface area contributed by atoms with E-state index in [4.69, 9.17) is 0 Å². The van der Waals surface area contributed by atoms with Crippen LogP contribution in [0.1, 0.15) is 32.4 Å². The van der Waals surface area contributed by atoms with Crippen molar-refractivity contribution in [2.24, 2.45) is 7.05 Å². The highest BCUT2D eigenvalue weighted by Crippen LogP contribution is 2.28. The van der Waals surface area contributed by atoms with Crippen LogP contribution >= 0.6 is 0 Å². The van der Waals surface area contributed by atoms with Gasteiger partial charge in [-0.1, -0.05) is 0 Å². The molecule has 0 atom stereocenters. The van der Waals surface area contributed by atoms with Crippen molar-refractivity contribution in [3.8, 4) is 0 Å². The third-order valence-corrected chi connectivity index (χ3v) is 4.25. The van der Waals surface area contributed by atoms with E-state index < -0.39 is 0 Å². The summed E-state index contributed by atoms with van der Waals surface area (Å²) in [5, 5.41) is 0. The van der Waals surface area contributed by atoms with Crippen molar-refractivity contribution in [3.05, 3.63) is 24.0 Å². The zero-order chi connectivity index (χ0) is 17.1. The van der Waals surface area contributed by atoms with Crippen LogP contribution in [-0.2, 0) is 18.4 Å². The fraction of sp³-hybridized carbons (Fsp3) is 0.647. The van der Waals surface area contributed by atoms with Gasteiger partial charge in [0.1, 0.15) is 6.54 Å². The van der Waals surface area contributed by atoms with Gasteiger partial charge in [-0.05, 0) is 38.8 Å². The summed E-state index contributed by atoms with van der Waals surface area (Å²) in [6.45, 7) is 4.62. The molecular weight excluding hydrogens is 292 g/mol. The SMILES string of the molecule is CC(C)N(CC(=O)N(Cc1cccn1C)C1CC1)C(=O)N(C)C. The Labute approximate surface area is 138 Å². The molecule has 1 heterocycles. The van der Waals surface area contributed by atoms with E-state index in [0.717, 1.165) is 18.5 Å². The predicted molar refractivity (Wildman–Crippen MR) is 89.9 cm³/mol. The summed E-state index contributed by atoms with van der Waals surface area (Å²) in [5.41, 5.74) is 1.11. The molecule has 23 heavy (non-hydrogen) atoms. The van der Waals surface area contributed by atoms with Crippen molar-refractivity contribution in [2.45, 2.75) is 45.3 Å². The molecule has 0 saturated heterocycles. The van der Waals surface area contributed by atoms with Crippen molar-refractivity contribution in [1.29, 1.82) is 0 Å². The number of nitrogens with zero attached hydrogens (tertiary/aromatic N) is 4. The summed E-state index contributed by atoms with van der Waals surface area (Å²) in [6.07, 6.45) is 4.10. The van der Waals surface area contributed by atoms with Crippen LogP contribution in [0.3, 0.4) is 0 Å². The lowest BCUT2D eigenvalue weighted by Crippen LogP contribution is -2.49. The van der Waals surface area contributed by atoms with E-state index in [-0.39, 0.29) is 24.5 Å². The molecule has 1 fully saturated rings. The van der Waals surface area contributed by atoms with Crippen LogP contribution in [0.4, 0.5) is 4.79 Å². The predicted octanol–water partition coefficient (Wildman–Crippen LogP) is 1.91. The first-order valence-corrected chi connectivity index (χ1v) is 8.19. The Morgan fingerprint density at radius 3 is 2.39 bits per heavy atom. The number of hydrogen-bond acceptors (Lipinski definition) is 2. The monoisotopic (exact) mass is 320 g/mol. The normalized spacial score (nSPS) is 14.0. The Hall–Kier alpha value is -1.98. The van der Waals surface area contributed by atoms with Crippen LogP contribution in [0.5, 0.6) is 0 Å². The highest BCUT2D eigenvalue weighted by molar-refractivity contribution is 5.84. The van der Waals surface area contributed by atoms with Gasteiger partial charge >= 0.3 is 6.03 Å². The van der Waals surface area contributed by atoms with Crippen LogP contribution in [0, 0.1) is 0 Å². The molecule has 128 valence electrons. The molecule has 6 nitrogen and oxygen atoms in total. The second kappa shape index (κ2) is 7.06. The number of carbonyl (C=O) groups excluding carboxylic acids is 2. The molecule has 0 aromatic carbocycles. The van der Waals surface area contributed by atoms with E-state index in [0.29, 0.717) is 12.6 Å². The van der Waals surface area contributed by atoms with Crippen molar-refractivity contribution in [2.75, 3.05) is 20.6 Å². The lowest BCUT2D eigenvalue weighted by molar-refractivity contribution is -0.133. The van der Waals surface area contributed by atoms with Crippen molar-refractivity contribution in [1.82, 2.24) is 19.3 Å². The summed E-state index contributed by atoms with van der Waals surface area (Å²) in [5.74, 6) is 0.0256. The molecule has 1 saturated carbocycles. The first kappa shape index (κ1) is 17.4. The van der Waals surface area contributed by atoms with E-state index >= 15 is 0 Å². The molecule has 0 radical (unpaired) electrons. The van der Waals surface area contributed by atoms with Gasteiger partial charge in [0.25, 0.3) is 0 Å². The highest BCUT2D eigenvalue weighted by atomic mass is 16.2. The lowest BCUT2D eigenvalue weighted by atomic mass is 10.3. The van der Waals surface area contributed by atoms with Gasteiger partial charge in [-0.2, -0.15) is 0 Å². The minimum Gasteiger partial charge on any atom is -0.353 e. The summed E-state index contributed by atoms with van der Waals surface area (Å²) in [6, 6.07) is 4.21. The Bertz CT molecular complexity index is 561. The Kier molecular flexibility index (Phi) is 5.34. The van der Waals surface area contributed by atoms with Crippen molar-refractivity contribution < 1.29 is 9.59 Å². The fourth-order valence-corrected chi connectivity index (χ4v) is 2.61. The van der Waals surface area contributed by atoms with E-state index in [1.165, 1.54) is 4.90 Å². The molecule has 1 aromatic heterocycles. The van der Waals surface area contributed by atoms with Crippen LogP contribution in [0.2, 0.25) is 0 Å². The second-order valence-electron chi connectivity index (χ2n) is 6.76. The van der Waals surface area contributed by atoms with E-state index in [2.05, 4.69) is 0 Å². The minimum absolute atomic E-state index is 0.00932. The molecule has 1 aliphatic carbocycles. The van der Waals surface area contributed by atoms with Gasteiger partial charge in [0.05, 0.1) is 6.54 Å².